The van der Waals surface area contributed by atoms with E-state index < -0.39 is 0 Å². The van der Waals surface area contributed by atoms with Crippen LogP contribution in [-0.4, -0.2) is 9.97 Å². The van der Waals surface area contributed by atoms with E-state index in [0.717, 1.165) is 55.4 Å². The van der Waals surface area contributed by atoms with Gasteiger partial charge in [-0.05, 0) is 76.2 Å². The summed E-state index contributed by atoms with van der Waals surface area (Å²) in [5.41, 5.74) is 9.21. The summed E-state index contributed by atoms with van der Waals surface area (Å²) in [6, 6.07) is 32.4. The van der Waals surface area contributed by atoms with Crippen LogP contribution in [0.1, 0.15) is 32.0 Å². The Balaban J connectivity index is 1.36. The molecule has 0 aliphatic rings. The molecule has 0 aliphatic carbocycles. The topological polar surface area (TPSA) is 38.9 Å². The summed E-state index contributed by atoms with van der Waals surface area (Å²) < 4.78 is 6.55. The Kier molecular flexibility index (Phi) is 4.93. The summed E-state index contributed by atoms with van der Waals surface area (Å²) in [6.07, 6.45) is 1.89. The minimum Gasteiger partial charge on any atom is -0.453 e. The molecule has 0 radical (unpaired) electrons. The van der Waals surface area contributed by atoms with E-state index >= 15 is 0 Å². The summed E-state index contributed by atoms with van der Waals surface area (Å²) in [7, 11) is 0. The number of rotatable bonds is 2. The number of aryl methyl sites for hydroxylation is 1. The Bertz CT molecular complexity index is 2020. The number of furan rings is 1. The Morgan fingerprint density at radius 3 is 2.26 bits per heavy atom. The van der Waals surface area contributed by atoms with Crippen LogP contribution in [0, 0.1) is 6.92 Å². The van der Waals surface area contributed by atoms with Crippen molar-refractivity contribution in [3.8, 4) is 22.4 Å². The molecule has 3 nitrogen and oxygen atoms in total. The molecule has 0 fully saturated rings. The minimum absolute atomic E-state index is 0.131. The third kappa shape index (κ3) is 3.66. The lowest BCUT2D eigenvalue weighted by molar-refractivity contribution is 0.591. The van der Waals surface area contributed by atoms with Gasteiger partial charge < -0.3 is 4.42 Å². The summed E-state index contributed by atoms with van der Waals surface area (Å²) in [4.78, 5) is 9.55. The highest BCUT2D eigenvalue weighted by Gasteiger charge is 2.17. The highest BCUT2D eigenvalue weighted by molar-refractivity contribution is 6.16. The van der Waals surface area contributed by atoms with Crippen LogP contribution in [-0.2, 0) is 5.41 Å². The molecule has 0 amide bonds. The third-order valence-corrected chi connectivity index (χ3v) is 7.54. The molecule has 0 aliphatic heterocycles. The number of hydrogen-bond acceptors (Lipinski definition) is 3. The van der Waals surface area contributed by atoms with Gasteiger partial charge >= 0.3 is 0 Å². The monoisotopic (exact) mass is 492 g/mol. The summed E-state index contributed by atoms with van der Waals surface area (Å²) in [6.45, 7) is 8.77. The maximum Gasteiger partial charge on any atom is 0.161 e. The maximum absolute atomic E-state index is 6.55. The van der Waals surface area contributed by atoms with Crippen LogP contribution < -0.4 is 0 Å². The van der Waals surface area contributed by atoms with Crippen molar-refractivity contribution in [2.24, 2.45) is 0 Å². The highest BCUT2D eigenvalue weighted by Crippen LogP contribution is 2.38. The average molecular weight is 493 g/mol. The summed E-state index contributed by atoms with van der Waals surface area (Å²) in [5.74, 6) is 0. The van der Waals surface area contributed by atoms with Gasteiger partial charge in [-0.2, -0.15) is 0 Å². The van der Waals surface area contributed by atoms with E-state index in [0.29, 0.717) is 0 Å². The first kappa shape index (κ1) is 22.7. The molecule has 4 aromatic carbocycles. The number of hydrogen-bond donors (Lipinski definition) is 0. The van der Waals surface area contributed by atoms with Crippen molar-refractivity contribution in [2.45, 2.75) is 33.1 Å². The van der Waals surface area contributed by atoms with Gasteiger partial charge in [0, 0.05) is 33.6 Å². The third-order valence-electron chi connectivity index (χ3n) is 7.54. The molecular weight excluding hydrogens is 464 g/mol. The molecule has 3 heteroatoms. The zero-order valence-corrected chi connectivity index (χ0v) is 22.0. The molecular formula is C35H28N2O. The number of benzene rings is 4. The zero-order valence-electron chi connectivity index (χ0n) is 22.0. The number of nitrogens with zero attached hydrogens (tertiary/aromatic N) is 2. The van der Waals surface area contributed by atoms with Gasteiger partial charge in [0.2, 0.25) is 0 Å². The molecule has 0 saturated carbocycles. The van der Waals surface area contributed by atoms with E-state index in [9.17, 15) is 0 Å². The van der Waals surface area contributed by atoms with Gasteiger partial charge in [0.15, 0.2) is 5.58 Å². The molecule has 3 heterocycles. The van der Waals surface area contributed by atoms with Crippen LogP contribution in [0.2, 0.25) is 0 Å². The lowest BCUT2D eigenvalue weighted by Crippen LogP contribution is -2.10. The van der Waals surface area contributed by atoms with Crippen LogP contribution in [0.5, 0.6) is 0 Å². The second kappa shape index (κ2) is 8.26. The van der Waals surface area contributed by atoms with E-state index in [2.05, 4.69) is 106 Å². The molecule has 184 valence electrons. The van der Waals surface area contributed by atoms with Gasteiger partial charge in [-0.3, -0.25) is 4.98 Å². The van der Waals surface area contributed by atoms with Gasteiger partial charge in [0.05, 0.1) is 5.69 Å². The normalized spacial score (nSPS) is 12.2. The Morgan fingerprint density at radius 2 is 1.39 bits per heavy atom. The van der Waals surface area contributed by atoms with E-state index in [1.165, 1.54) is 21.9 Å². The molecule has 0 spiro atoms. The van der Waals surface area contributed by atoms with Crippen molar-refractivity contribution in [1.82, 2.24) is 9.97 Å². The summed E-state index contributed by atoms with van der Waals surface area (Å²) in [5, 5.41) is 5.74. The molecule has 38 heavy (non-hydrogen) atoms. The minimum atomic E-state index is 0.131. The van der Waals surface area contributed by atoms with Gasteiger partial charge in [-0.25, -0.2) is 4.98 Å². The van der Waals surface area contributed by atoms with E-state index in [-0.39, 0.29) is 5.41 Å². The smallest absolute Gasteiger partial charge is 0.161 e. The van der Waals surface area contributed by atoms with Crippen molar-refractivity contribution in [1.29, 1.82) is 0 Å². The molecule has 0 unspecified atom stereocenters. The molecule has 7 aromatic rings. The van der Waals surface area contributed by atoms with Crippen molar-refractivity contribution in [2.75, 3.05) is 0 Å². The predicted molar refractivity (Wildman–Crippen MR) is 159 cm³/mol. The average Bonchev–Trinajstić information content (AvgIpc) is 3.31. The molecule has 0 N–H and O–H groups in total. The van der Waals surface area contributed by atoms with Crippen molar-refractivity contribution in [3.05, 3.63) is 108 Å². The fourth-order valence-corrected chi connectivity index (χ4v) is 5.39. The Labute approximate surface area is 221 Å². The molecule has 0 atom stereocenters. The number of aromatic nitrogens is 2. The number of para-hydroxylation sites is 1. The van der Waals surface area contributed by atoms with Crippen LogP contribution in [0.15, 0.2) is 102 Å². The van der Waals surface area contributed by atoms with Crippen molar-refractivity contribution >= 4 is 43.6 Å². The molecule has 3 aromatic heterocycles. The first-order chi connectivity index (χ1) is 18.3. The first-order valence-corrected chi connectivity index (χ1v) is 13.1. The Morgan fingerprint density at radius 1 is 0.658 bits per heavy atom. The second-order valence-corrected chi connectivity index (χ2v) is 11.2. The largest absolute Gasteiger partial charge is 0.453 e. The SMILES string of the molecule is Cc1ccc2ccc3c4cccc(-c5cc(-c6ccc7cc(C(C)(C)C)ccc7c6)ccn5)c4oc3c2n1. The van der Waals surface area contributed by atoms with Crippen LogP contribution in [0.25, 0.3) is 66.0 Å². The van der Waals surface area contributed by atoms with Crippen LogP contribution in [0.3, 0.4) is 0 Å². The second-order valence-electron chi connectivity index (χ2n) is 11.2. The van der Waals surface area contributed by atoms with Gasteiger partial charge in [-0.1, -0.05) is 75.4 Å². The van der Waals surface area contributed by atoms with E-state index in [1.54, 1.807) is 0 Å². The lowest BCUT2D eigenvalue weighted by atomic mass is 9.85. The standard InChI is InChI=1S/C35H28N2O/c1-21-8-9-22-13-15-29-28-6-5-7-30(33(28)38-34(29)32(22)37-21)31-20-26(16-17-36-31)23-10-11-25-19-27(35(2,3)4)14-12-24(25)18-23/h5-20H,1-4H3. The van der Waals surface area contributed by atoms with E-state index in [4.69, 9.17) is 14.4 Å². The van der Waals surface area contributed by atoms with Gasteiger partial charge in [-0.15, -0.1) is 0 Å². The van der Waals surface area contributed by atoms with Gasteiger partial charge in [0.1, 0.15) is 11.1 Å². The zero-order chi connectivity index (χ0) is 26.0. The number of pyridine rings is 2. The fraction of sp³-hybridized carbons (Fsp3) is 0.143. The lowest BCUT2D eigenvalue weighted by Gasteiger charge is -2.19. The first-order valence-electron chi connectivity index (χ1n) is 13.1. The molecule has 0 saturated heterocycles. The van der Waals surface area contributed by atoms with Crippen molar-refractivity contribution < 1.29 is 4.42 Å². The fourth-order valence-electron chi connectivity index (χ4n) is 5.39. The predicted octanol–water partition coefficient (Wildman–Crippen LogP) is 9.62. The summed E-state index contributed by atoms with van der Waals surface area (Å²) >= 11 is 0. The van der Waals surface area contributed by atoms with Crippen LogP contribution >= 0.6 is 0 Å². The molecule has 7 rings (SSSR count). The molecule has 0 bridgehead atoms. The Hall–Kier alpha value is -4.50. The van der Waals surface area contributed by atoms with Crippen molar-refractivity contribution in [3.63, 3.8) is 0 Å². The van der Waals surface area contributed by atoms with E-state index in [1.807, 2.05) is 19.2 Å². The quantitative estimate of drug-likeness (QED) is 0.241. The maximum atomic E-state index is 6.55. The van der Waals surface area contributed by atoms with Crippen LogP contribution in [0.4, 0.5) is 0 Å². The van der Waals surface area contributed by atoms with Gasteiger partial charge in [0.25, 0.3) is 0 Å². The highest BCUT2D eigenvalue weighted by atomic mass is 16.3. The number of fused-ring (bicyclic) bond motifs is 6.